The van der Waals surface area contributed by atoms with Crippen molar-refractivity contribution in [3.05, 3.63) is 66.2 Å². The molecule has 0 N–H and O–H groups in total. The minimum Gasteiger partial charge on any atom is -0.497 e. The van der Waals surface area contributed by atoms with Gasteiger partial charge in [0.1, 0.15) is 18.0 Å². The smallest absolute Gasteiger partial charge is 0.254 e. The molecule has 5 rings (SSSR count). The van der Waals surface area contributed by atoms with Crippen LogP contribution in [0.5, 0.6) is 11.5 Å². The minimum absolute atomic E-state index is 0.0333. The molecule has 0 atom stereocenters. The zero-order chi connectivity index (χ0) is 30.0. The van der Waals surface area contributed by atoms with Gasteiger partial charge in [-0.2, -0.15) is 0 Å². The number of hydrogen-bond donors (Lipinski definition) is 0. The number of benzene rings is 2. The van der Waals surface area contributed by atoms with Crippen LogP contribution in [-0.4, -0.2) is 123 Å². The van der Waals surface area contributed by atoms with Crippen molar-refractivity contribution in [1.82, 2.24) is 24.9 Å². The molecule has 2 aliphatic rings. The Morgan fingerprint density at radius 3 is 2.16 bits per heavy atom. The third kappa shape index (κ3) is 7.99. The molecule has 0 unspecified atom stereocenters. The van der Waals surface area contributed by atoms with Crippen LogP contribution in [0.4, 0.5) is 5.82 Å². The monoisotopic (exact) mass is 588 g/mol. The van der Waals surface area contributed by atoms with Crippen molar-refractivity contribution in [3.8, 4) is 22.8 Å². The molecule has 228 valence electrons. The number of aromatic nitrogens is 2. The quantitative estimate of drug-likeness (QED) is 0.354. The average Bonchev–Trinajstić information content (AvgIpc) is 3.33. The summed E-state index contributed by atoms with van der Waals surface area (Å²) in [4.78, 5) is 35.1. The van der Waals surface area contributed by atoms with E-state index >= 15 is 0 Å². The Labute approximate surface area is 252 Å². The lowest BCUT2D eigenvalue weighted by molar-refractivity contribution is -0.131. The van der Waals surface area contributed by atoms with E-state index in [2.05, 4.69) is 20.0 Å². The molecule has 2 aliphatic heterocycles. The third-order valence-corrected chi connectivity index (χ3v) is 7.95. The summed E-state index contributed by atoms with van der Waals surface area (Å²) in [5.74, 6) is 2.05. The first kappa shape index (κ1) is 30.2. The first-order valence-electron chi connectivity index (χ1n) is 14.8. The van der Waals surface area contributed by atoms with E-state index in [0.717, 1.165) is 48.9 Å². The highest BCUT2D eigenvalue weighted by Crippen LogP contribution is 2.22. The Balaban J connectivity index is 1.20. The normalized spacial score (nSPS) is 16.0. The fourth-order valence-electron chi connectivity index (χ4n) is 5.32. The van der Waals surface area contributed by atoms with Crippen molar-refractivity contribution in [1.29, 1.82) is 0 Å². The van der Waals surface area contributed by atoms with Gasteiger partial charge in [0.05, 0.1) is 33.1 Å². The van der Waals surface area contributed by atoms with Crippen LogP contribution >= 0.6 is 0 Å². The van der Waals surface area contributed by atoms with Crippen LogP contribution in [0.2, 0.25) is 0 Å². The van der Waals surface area contributed by atoms with Gasteiger partial charge in [-0.3, -0.25) is 14.5 Å². The summed E-state index contributed by atoms with van der Waals surface area (Å²) in [5, 5.41) is 8.93. The molecule has 3 heterocycles. The second kappa shape index (κ2) is 14.8. The number of rotatable bonds is 10. The van der Waals surface area contributed by atoms with Crippen LogP contribution in [0.15, 0.2) is 60.7 Å². The summed E-state index contributed by atoms with van der Waals surface area (Å²) in [7, 11) is 3.24. The Hall–Kier alpha value is -4.22. The predicted octanol–water partition coefficient (Wildman–Crippen LogP) is 2.67. The third-order valence-electron chi connectivity index (χ3n) is 7.95. The molecule has 0 radical (unpaired) electrons. The first-order chi connectivity index (χ1) is 21.0. The zero-order valence-electron chi connectivity index (χ0n) is 25.0. The molecule has 0 aliphatic carbocycles. The van der Waals surface area contributed by atoms with Crippen molar-refractivity contribution >= 4 is 17.6 Å². The average molecular weight is 589 g/mol. The maximum absolute atomic E-state index is 13.6. The Bertz CT molecular complexity index is 1330. The van der Waals surface area contributed by atoms with E-state index in [1.165, 1.54) is 0 Å². The largest absolute Gasteiger partial charge is 0.497 e. The fourth-order valence-corrected chi connectivity index (χ4v) is 5.32. The standard InChI is InChI=1S/C32H40N6O5/c1-41-27-8-4-25(5-9-27)29-12-13-30(34-33-29)36-14-3-15-37(19-18-36)31(39)24-38(17-16-35-20-22-43-23-21-35)32(40)26-6-10-28(42-2)11-7-26/h4-13H,3,14-24H2,1-2H3. The first-order valence-corrected chi connectivity index (χ1v) is 14.8. The van der Waals surface area contributed by atoms with Crippen molar-refractivity contribution < 1.29 is 23.8 Å². The van der Waals surface area contributed by atoms with Gasteiger partial charge in [-0.25, -0.2) is 0 Å². The van der Waals surface area contributed by atoms with Crippen LogP contribution in [0.25, 0.3) is 11.3 Å². The number of anilines is 1. The fraction of sp³-hybridized carbons (Fsp3) is 0.438. The highest BCUT2D eigenvalue weighted by atomic mass is 16.5. The molecule has 2 aromatic carbocycles. The zero-order valence-corrected chi connectivity index (χ0v) is 25.0. The SMILES string of the molecule is COc1ccc(C(=O)N(CCN2CCOCC2)CC(=O)N2CCCN(c3ccc(-c4ccc(OC)cc4)nn3)CC2)cc1. The van der Waals surface area contributed by atoms with E-state index < -0.39 is 0 Å². The topological polar surface area (TPSA) is 101 Å². The Kier molecular flexibility index (Phi) is 10.4. The molecule has 43 heavy (non-hydrogen) atoms. The molecule has 0 bridgehead atoms. The maximum atomic E-state index is 13.6. The minimum atomic E-state index is -0.159. The van der Waals surface area contributed by atoms with Crippen LogP contribution in [-0.2, 0) is 9.53 Å². The van der Waals surface area contributed by atoms with Gasteiger partial charge in [-0.15, -0.1) is 10.2 Å². The van der Waals surface area contributed by atoms with Gasteiger partial charge in [-0.05, 0) is 67.1 Å². The molecule has 1 aromatic heterocycles. The second-order valence-corrected chi connectivity index (χ2v) is 10.6. The van der Waals surface area contributed by atoms with Gasteiger partial charge in [-0.1, -0.05) is 0 Å². The van der Waals surface area contributed by atoms with Crippen molar-refractivity contribution in [2.24, 2.45) is 0 Å². The summed E-state index contributed by atoms with van der Waals surface area (Å²) in [5.41, 5.74) is 2.29. The number of carbonyl (C=O) groups is 2. The van der Waals surface area contributed by atoms with Gasteiger partial charge < -0.3 is 28.9 Å². The molecular formula is C32H40N6O5. The van der Waals surface area contributed by atoms with E-state index in [1.807, 2.05) is 41.3 Å². The number of carbonyl (C=O) groups excluding carboxylic acids is 2. The van der Waals surface area contributed by atoms with Crippen molar-refractivity contribution in [2.75, 3.05) is 91.2 Å². The van der Waals surface area contributed by atoms with E-state index in [-0.39, 0.29) is 18.4 Å². The van der Waals surface area contributed by atoms with E-state index in [0.29, 0.717) is 57.3 Å². The van der Waals surface area contributed by atoms with Gasteiger partial charge in [0.15, 0.2) is 5.82 Å². The van der Waals surface area contributed by atoms with E-state index in [9.17, 15) is 9.59 Å². The number of methoxy groups -OCH3 is 2. The maximum Gasteiger partial charge on any atom is 0.254 e. The molecular weight excluding hydrogens is 548 g/mol. The predicted molar refractivity (Wildman–Crippen MR) is 164 cm³/mol. The highest BCUT2D eigenvalue weighted by molar-refractivity contribution is 5.96. The molecule has 2 saturated heterocycles. The lowest BCUT2D eigenvalue weighted by Crippen LogP contribution is -2.47. The van der Waals surface area contributed by atoms with Crippen LogP contribution in [0.1, 0.15) is 16.8 Å². The molecule has 0 spiro atoms. The summed E-state index contributed by atoms with van der Waals surface area (Å²) in [6, 6.07) is 18.7. The van der Waals surface area contributed by atoms with Crippen LogP contribution in [0.3, 0.4) is 0 Å². The number of amides is 2. The van der Waals surface area contributed by atoms with Gasteiger partial charge >= 0.3 is 0 Å². The van der Waals surface area contributed by atoms with Crippen molar-refractivity contribution in [2.45, 2.75) is 6.42 Å². The number of morpholine rings is 1. The van der Waals surface area contributed by atoms with Gasteiger partial charge in [0.2, 0.25) is 5.91 Å². The molecule has 2 fully saturated rings. The summed E-state index contributed by atoms with van der Waals surface area (Å²) in [6.45, 7) is 6.79. The number of nitrogens with zero attached hydrogens (tertiary/aromatic N) is 6. The summed E-state index contributed by atoms with van der Waals surface area (Å²) < 4.78 is 15.9. The lowest BCUT2D eigenvalue weighted by atomic mass is 10.1. The molecule has 11 heteroatoms. The molecule has 3 aromatic rings. The molecule has 0 saturated carbocycles. The molecule has 11 nitrogen and oxygen atoms in total. The van der Waals surface area contributed by atoms with E-state index in [1.54, 1.807) is 43.4 Å². The van der Waals surface area contributed by atoms with Gasteiger partial charge in [0.25, 0.3) is 5.91 Å². The Morgan fingerprint density at radius 2 is 1.51 bits per heavy atom. The van der Waals surface area contributed by atoms with Gasteiger partial charge in [0, 0.05) is 63.5 Å². The number of ether oxygens (including phenoxy) is 3. The summed E-state index contributed by atoms with van der Waals surface area (Å²) >= 11 is 0. The van der Waals surface area contributed by atoms with E-state index in [4.69, 9.17) is 14.2 Å². The summed E-state index contributed by atoms with van der Waals surface area (Å²) in [6.07, 6.45) is 0.799. The van der Waals surface area contributed by atoms with Crippen molar-refractivity contribution in [3.63, 3.8) is 0 Å². The lowest BCUT2D eigenvalue weighted by Gasteiger charge is -2.31. The highest BCUT2D eigenvalue weighted by Gasteiger charge is 2.25. The number of hydrogen-bond acceptors (Lipinski definition) is 9. The Morgan fingerprint density at radius 1 is 0.814 bits per heavy atom. The molecule has 2 amide bonds. The second-order valence-electron chi connectivity index (χ2n) is 10.6. The van der Waals surface area contributed by atoms with Crippen LogP contribution in [0, 0.1) is 0 Å². The van der Waals surface area contributed by atoms with Crippen LogP contribution < -0.4 is 14.4 Å².